The summed E-state index contributed by atoms with van der Waals surface area (Å²) < 4.78 is 31.9. The van der Waals surface area contributed by atoms with Crippen LogP contribution >= 0.6 is 7.82 Å². The zero-order chi connectivity index (χ0) is 22.0. The van der Waals surface area contributed by atoms with E-state index >= 15 is 0 Å². The van der Waals surface area contributed by atoms with Crippen LogP contribution in [0.25, 0.3) is 21.5 Å². The predicted octanol–water partition coefficient (Wildman–Crippen LogP) is 7.95. The molecule has 0 bridgehead atoms. The molecule has 5 aromatic rings. The van der Waals surface area contributed by atoms with Crippen LogP contribution in [0, 0.1) is 6.92 Å². The Morgan fingerprint density at radius 1 is 0.531 bits per heavy atom. The van der Waals surface area contributed by atoms with Gasteiger partial charge in [0.25, 0.3) is 0 Å². The summed E-state index contributed by atoms with van der Waals surface area (Å²) in [6.45, 7) is 1.97. The maximum Gasteiger partial charge on any atom is 0.647 e. The summed E-state index contributed by atoms with van der Waals surface area (Å²) in [5, 5.41) is 3.59. The monoisotopic (exact) mass is 440 g/mol. The number of phosphoric ester groups is 1. The van der Waals surface area contributed by atoms with Crippen molar-refractivity contribution < 1.29 is 18.1 Å². The molecule has 4 nitrogen and oxygen atoms in total. The third kappa shape index (κ3) is 4.18. The number of rotatable bonds is 6. The predicted molar refractivity (Wildman–Crippen MR) is 129 cm³/mol. The Kier molecular flexibility index (Phi) is 5.30. The number of aryl methyl sites for hydroxylation is 1. The second-order valence-electron chi connectivity index (χ2n) is 7.49. The van der Waals surface area contributed by atoms with E-state index in [4.69, 9.17) is 13.6 Å². The molecule has 158 valence electrons. The van der Waals surface area contributed by atoms with Crippen molar-refractivity contribution in [3.63, 3.8) is 0 Å². The molecule has 0 aliphatic heterocycles. The topological polar surface area (TPSA) is 44.8 Å². The zero-order valence-corrected chi connectivity index (χ0v) is 18.4. The minimum atomic E-state index is -4.11. The Labute approximate surface area is 186 Å². The molecule has 0 heterocycles. The van der Waals surface area contributed by atoms with Gasteiger partial charge in [0.2, 0.25) is 0 Å². The van der Waals surface area contributed by atoms with E-state index in [1.54, 1.807) is 24.3 Å². The summed E-state index contributed by atoms with van der Waals surface area (Å²) in [5.74, 6) is 1.26. The molecule has 0 spiro atoms. The maximum absolute atomic E-state index is 14.0. The molecule has 0 saturated heterocycles. The first kappa shape index (κ1) is 20.2. The second-order valence-corrected chi connectivity index (χ2v) is 8.93. The summed E-state index contributed by atoms with van der Waals surface area (Å²) in [6.07, 6.45) is 0. The van der Waals surface area contributed by atoms with Gasteiger partial charge < -0.3 is 13.6 Å². The molecule has 0 atom stereocenters. The average Bonchev–Trinajstić information content (AvgIpc) is 2.81. The lowest BCUT2D eigenvalue weighted by Crippen LogP contribution is -2.08. The first-order valence-corrected chi connectivity index (χ1v) is 11.8. The van der Waals surface area contributed by atoms with E-state index in [0.717, 1.165) is 27.1 Å². The van der Waals surface area contributed by atoms with Gasteiger partial charge in [0.05, 0.1) is 0 Å². The molecule has 0 amide bonds. The highest BCUT2D eigenvalue weighted by Gasteiger charge is 2.34. The fourth-order valence-electron chi connectivity index (χ4n) is 3.58. The molecular formula is C27H21O4P. The van der Waals surface area contributed by atoms with Crippen LogP contribution in [0.2, 0.25) is 0 Å². The summed E-state index contributed by atoms with van der Waals surface area (Å²) in [7, 11) is -4.11. The third-order valence-electron chi connectivity index (χ3n) is 5.16. The van der Waals surface area contributed by atoms with E-state index in [9.17, 15) is 4.57 Å². The molecule has 0 aromatic heterocycles. The smallest absolute Gasteiger partial charge is 0.386 e. The molecule has 0 fully saturated rings. The third-order valence-corrected chi connectivity index (χ3v) is 6.43. The molecule has 0 unspecified atom stereocenters. The SMILES string of the molecule is Cc1ccc(OP(=O)(Oc2cccc3ccccc23)Oc2cccc3ccccc23)cc1. The van der Waals surface area contributed by atoms with E-state index in [0.29, 0.717) is 17.2 Å². The van der Waals surface area contributed by atoms with Gasteiger partial charge in [0, 0.05) is 10.8 Å². The zero-order valence-electron chi connectivity index (χ0n) is 17.5. The van der Waals surface area contributed by atoms with E-state index in [1.807, 2.05) is 91.9 Å². The molecule has 5 aromatic carbocycles. The Morgan fingerprint density at radius 3 is 1.53 bits per heavy atom. The van der Waals surface area contributed by atoms with Crippen LogP contribution in [0.3, 0.4) is 0 Å². The number of fused-ring (bicyclic) bond motifs is 2. The first-order chi connectivity index (χ1) is 15.6. The molecule has 0 aliphatic carbocycles. The van der Waals surface area contributed by atoms with Crippen LogP contribution < -0.4 is 13.6 Å². The largest absolute Gasteiger partial charge is 0.647 e. The minimum Gasteiger partial charge on any atom is -0.386 e. The van der Waals surface area contributed by atoms with E-state index in [2.05, 4.69) is 0 Å². The molecule has 0 N–H and O–H groups in total. The summed E-state index contributed by atoms with van der Waals surface area (Å²) >= 11 is 0. The van der Waals surface area contributed by atoms with Crippen molar-refractivity contribution in [1.82, 2.24) is 0 Å². The van der Waals surface area contributed by atoms with Crippen molar-refractivity contribution in [1.29, 1.82) is 0 Å². The number of benzene rings is 5. The molecule has 0 radical (unpaired) electrons. The Morgan fingerprint density at radius 2 is 1.00 bits per heavy atom. The van der Waals surface area contributed by atoms with Crippen LogP contribution in [-0.2, 0) is 4.57 Å². The summed E-state index contributed by atoms with van der Waals surface area (Å²) in [4.78, 5) is 0. The minimum absolute atomic E-state index is 0.402. The van der Waals surface area contributed by atoms with Crippen LogP contribution in [-0.4, -0.2) is 0 Å². The lowest BCUT2D eigenvalue weighted by atomic mass is 10.1. The summed E-state index contributed by atoms with van der Waals surface area (Å²) in [5.41, 5.74) is 1.07. The van der Waals surface area contributed by atoms with Gasteiger partial charge in [-0.2, -0.15) is 4.57 Å². The van der Waals surface area contributed by atoms with Crippen molar-refractivity contribution in [2.75, 3.05) is 0 Å². The lowest BCUT2D eigenvalue weighted by molar-refractivity contribution is 0.301. The number of hydrogen-bond acceptors (Lipinski definition) is 4. The molecule has 32 heavy (non-hydrogen) atoms. The van der Waals surface area contributed by atoms with Crippen molar-refractivity contribution in [3.05, 3.63) is 115 Å². The Bertz CT molecular complexity index is 1350. The molecular weight excluding hydrogens is 419 g/mol. The van der Waals surface area contributed by atoms with E-state index in [-0.39, 0.29) is 0 Å². The second kappa shape index (κ2) is 8.41. The van der Waals surface area contributed by atoms with Gasteiger partial charge in [-0.05, 0) is 42.0 Å². The quantitative estimate of drug-likeness (QED) is 0.251. The van der Waals surface area contributed by atoms with Crippen LogP contribution in [0.5, 0.6) is 17.2 Å². The van der Waals surface area contributed by atoms with Crippen LogP contribution in [0.15, 0.2) is 109 Å². The lowest BCUT2D eigenvalue weighted by Gasteiger charge is -2.21. The van der Waals surface area contributed by atoms with Crippen molar-refractivity contribution in [2.24, 2.45) is 0 Å². The normalized spacial score (nSPS) is 11.4. The molecule has 5 rings (SSSR count). The van der Waals surface area contributed by atoms with Crippen LogP contribution in [0.4, 0.5) is 0 Å². The maximum atomic E-state index is 14.0. The van der Waals surface area contributed by atoms with Crippen LogP contribution in [0.1, 0.15) is 5.56 Å². The summed E-state index contributed by atoms with van der Waals surface area (Å²) in [6, 6.07) is 33.9. The number of hydrogen-bond donors (Lipinski definition) is 0. The van der Waals surface area contributed by atoms with Crippen molar-refractivity contribution in [2.45, 2.75) is 6.92 Å². The average molecular weight is 440 g/mol. The Balaban J connectivity index is 1.58. The molecule has 0 saturated carbocycles. The first-order valence-electron chi connectivity index (χ1n) is 10.3. The van der Waals surface area contributed by atoms with Gasteiger partial charge in [0.1, 0.15) is 17.2 Å². The fraction of sp³-hybridized carbons (Fsp3) is 0.0370. The highest BCUT2D eigenvalue weighted by atomic mass is 31.2. The Hall–Kier alpha value is -3.75. The van der Waals surface area contributed by atoms with Crippen molar-refractivity contribution >= 4 is 29.4 Å². The van der Waals surface area contributed by atoms with Crippen molar-refractivity contribution in [3.8, 4) is 17.2 Å². The van der Waals surface area contributed by atoms with Gasteiger partial charge >= 0.3 is 7.82 Å². The van der Waals surface area contributed by atoms with E-state index < -0.39 is 7.82 Å². The van der Waals surface area contributed by atoms with Gasteiger partial charge in [-0.25, -0.2) is 0 Å². The van der Waals surface area contributed by atoms with Gasteiger partial charge in [-0.3, -0.25) is 0 Å². The molecule has 5 heteroatoms. The van der Waals surface area contributed by atoms with Gasteiger partial charge in [0.15, 0.2) is 0 Å². The van der Waals surface area contributed by atoms with E-state index in [1.165, 1.54) is 0 Å². The highest BCUT2D eigenvalue weighted by Crippen LogP contribution is 2.52. The fourth-order valence-corrected chi connectivity index (χ4v) is 4.87. The van der Waals surface area contributed by atoms with Gasteiger partial charge in [-0.1, -0.05) is 90.5 Å². The highest BCUT2D eigenvalue weighted by molar-refractivity contribution is 7.49. The standard InChI is InChI=1S/C27H21O4P/c1-20-16-18-23(19-17-20)29-32(28,30-26-14-6-10-21-8-2-4-12-24(21)26)31-27-15-7-11-22-9-3-5-13-25(22)27/h2-19H,1H3. The number of phosphoric acid groups is 1. The molecule has 0 aliphatic rings. The van der Waals surface area contributed by atoms with Gasteiger partial charge in [-0.15, -0.1) is 0 Å².